The number of nitrogens with two attached hydrogens (primary N) is 1. The highest BCUT2D eigenvalue weighted by Crippen LogP contribution is 2.31. The number of rotatable bonds is 8. The van der Waals surface area contributed by atoms with Crippen molar-refractivity contribution in [3.05, 3.63) is 23.8 Å². The zero-order chi connectivity index (χ0) is 13.2. The predicted octanol–water partition coefficient (Wildman–Crippen LogP) is 2.38. The minimum atomic E-state index is 0.594. The standard InChI is InChI=1S/C15H21NO2/c1-3-5-6-12-18-15-13(10-11-16)8-7-9-14(15)17-4-2/h1,7-9H,4-6,10-12,16H2,2H3. The summed E-state index contributed by atoms with van der Waals surface area (Å²) in [6.45, 7) is 3.77. The topological polar surface area (TPSA) is 44.5 Å². The summed E-state index contributed by atoms with van der Waals surface area (Å²) in [5.41, 5.74) is 6.69. The lowest BCUT2D eigenvalue weighted by atomic mass is 10.1. The average molecular weight is 247 g/mol. The minimum absolute atomic E-state index is 0.594. The summed E-state index contributed by atoms with van der Waals surface area (Å²) in [5, 5.41) is 0. The molecule has 3 heteroatoms. The Morgan fingerprint density at radius 2 is 2.17 bits per heavy atom. The zero-order valence-corrected chi connectivity index (χ0v) is 10.9. The molecule has 0 saturated heterocycles. The lowest BCUT2D eigenvalue weighted by Gasteiger charge is -2.15. The summed E-state index contributed by atoms with van der Waals surface area (Å²) < 4.78 is 11.4. The van der Waals surface area contributed by atoms with Crippen LogP contribution in [0.5, 0.6) is 11.5 Å². The monoisotopic (exact) mass is 247 g/mol. The Bertz CT molecular complexity index is 372. The summed E-state index contributed by atoms with van der Waals surface area (Å²) in [6, 6.07) is 5.90. The van der Waals surface area contributed by atoms with E-state index in [1.807, 2.05) is 25.1 Å². The number of unbranched alkanes of at least 4 members (excludes halogenated alkanes) is 1. The molecule has 0 spiro atoms. The van der Waals surface area contributed by atoms with Gasteiger partial charge in [0, 0.05) is 6.42 Å². The molecule has 3 nitrogen and oxygen atoms in total. The van der Waals surface area contributed by atoms with Crippen LogP contribution < -0.4 is 15.2 Å². The molecule has 0 unspecified atom stereocenters. The quantitative estimate of drug-likeness (QED) is 0.566. The molecule has 0 aliphatic carbocycles. The van der Waals surface area contributed by atoms with Crippen LogP contribution in [0.25, 0.3) is 0 Å². The van der Waals surface area contributed by atoms with Crippen molar-refractivity contribution < 1.29 is 9.47 Å². The van der Waals surface area contributed by atoms with E-state index in [-0.39, 0.29) is 0 Å². The van der Waals surface area contributed by atoms with Crippen LogP contribution in [0, 0.1) is 12.3 Å². The third kappa shape index (κ3) is 4.31. The Hall–Kier alpha value is -1.66. The van der Waals surface area contributed by atoms with Crippen molar-refractivity contribution >= 4 is 0 Å². The van der Waals surface area contributed by atoms with Crippen LogP contribution in [0.1, 0.15) is 25.3 Å². The Labute approximate surface area is 109 Å². The molecule has 0 fully saturated rings. The smallest absolute Gasteiger partial charge is 0.164 e. The van der Waals surface area contributed by atoms with Gasteiger partial charge < -0.3 is 15.2 Å². The van der Waals surface area contributed by atoms with E-state index in [9.17, 15) is 0 Å². The van der Waals surface area contributed by atoms with Crippen LogP contribution in [0.4, 0.5) is 0 Å². The fourth-order valence-electron chi connectivity index (χ4n) is 1.70. The van der Waals surface area contributed by atoms with Crippen LogP contribution >= 0.6 is 0 Å². The minimum Gasteiger partial charge on any atom is -0.490 e. The maximum Gasteiger partial charge on any atom is 0.164 e. The van der Waals surface area contributed by atoms with Gasteiger partial charge in [0.15, 0.2) is 11.5 Å². The van der Waals surface area contributed by atoms with Crippen molar-refractivity contribution in [2.45, 2.75) is 26.2 Å². The molecule has 98 valence electrons. The Morgan fingerprint density at radius 3 is 2.83 bits per heavy atom. The molecule has 0 bridgehead atoms. The van der Waals surface area contributed by atoms with Gasteiger partial charge in [0.2, 0.25) is 0 Å². The number of hydrogen-bond donors (Lipinski definition) is 1. The van der Waals surface area contributed by atoms with Crippen LogP contribution in [0.2, 0.25) is 0 Å². The first-order chi connectivity index (χ1) is 8.83. The molecule has 1 rings (SSSR count). The van der Waals surface area contributed by atoms with Gasteiger partial charge in [0.05, 0.1) is 13.2 Å². The number of terminal acetylenes is 1. The lowest BCUT2D eigenvalue weighted by molar-refractivity contribution is 0.272. The zero-order valence-electron chi connectivity index (χ0n) is 10.9. The van der Waals surface area contributed by atoms with Gasteiger partial charge in [-0.3, -0.25) is 0 Å². The van der Waals surface area contributed by atoms with E-state index in [1.54, 1.807) is 0 Å². The maximum atomic E-state index is 5.80. The molecule has 0 radical (unpaired) electrons. The third-order valence-corrected chi connectivity index (χ3v) is 2.49. The molecule has 0 aliphatic heterocycles. The highest BCUT2D eigenvalue weighted by molar-refractivity contribution is 5.46. The number of para-hydroxylation sites is 1. The largest absolute Gasteiger partial charge is 0.490 e. The van der Waals surface area contributed by atoms with E-state index in [0.717, 1.165) is 36.3 Å². The predicted molar refractivity (Wildman–Crippen MR) is 73.9 cm³/mol. The van der Waals surface area contributed by atoms with E-state index in [2.05, 4.69) is 5.92 Å². The van der Waals surface area contributed by atoms with Crippen molar-refractivity contribution in [3.8, 4) is 23.8 Å². The molecular formula is C15H21NO2. The van der Waals surface area contributed by atoms with Gasteiger partial charge in [-0.15, -0.1) is 12.3 Å². The van der Waals surface area contributed by atoms with Crippen molar-refractivity contribution in [1.82, 2.24) is 0 Å². The van der Waals surface area contributed by atoms with Gasteiger partial charge in [-0.1, -0.05) is 12.1 Å². The maximum absolute atomic E-state index is 5.80. The molecule has 0 saturated carbocycles. The van der Waals surface area contributed by atoms with Crippen molar-refractivity contribution in [1.29, 1.82) is 0 Å². The summed E-state index contributed by atoms with van der Waals surface area (Å²) in [6.07, 6.45) is 7.57. The van der Waals surface area contributed by atoms with Gasteiger partial charge in [-0.05, 0) is 37.9 Å². The molecule has 18 heavy (non-hydrogen) atoms. The molecular weight excluding hydrogens is 226 g/mol. The van der Waals surface area contributed by atoms with E-state index >= 15 is 0 Å². The van der Waals surface area contributed by atoms with Crippen LogP contribution in [0.15, 0.2) is 18.2 Å². The number of ether oxygens (including phenoxy) is 2. The fraction of sp³-hybridized carbons (Fsp3) is 0.467. The molecule has 0 atom stereocenters. The molecule has 0 aliphatic rings. The second kappa shape index (κ2) is 8.43. The molecule has 0 aromatic heterocycles. The fourth-order valence-corrected chi connectivity index (χ4v) is 1.70. The number of hydrogen-bond acceptors (Lipinski definition) is 3. The second-order valence-electron chi connectivity index (χ2n) is 3.87. The molecule has 0 heterocycles. The van der Waals surface area contributed by atoms with E-state index < -0.39 is 0 Å². The second-order valence-corrected chi connectivity index (χ2v) is 3.87. The van der Waals surface area contributed by atoms with Gasteiger partial charge in [0.1, 0.15) is 0 Å². The first kappa shape index (κ1) is 14.4. The van der Waals surface area contributed by atoms with Crippen LogP contribution in [-0.2, 0) is 6.42 Å². The van der Waals surface area contributed by atoms with Crippen molar-refractivity contribution in [2.75, 3.05) is 19.8 Å². The molecule has 2 N–H and O–H groups in total. The SMILES string of the molecule is C#CCCCOc1c(CCN)cccc1OCC. The normalized spacial score (nSPS) is 9.83. The molecule has 0 amide bonds. The first-order valence-corrected chi connectivity index (χ1v) is 6.34. The molecule has 1 aromatic rings. The van der Waals surface area contributed by atoms with Gasteiger partial charge >= 0.3 is 0 Å². The van der Waals surface area contributed by atoms with Crippen molar-refractivity contribution in [2.24, 2.45) is 5.73 Å². The van der Waals surface area contributed by atoms with Crippen molar-refractivity contribution in [3.63, 3.8) is 0 Å². The van der Waals surface area contributed by atoms with E-state index in [0.29, 0.717) is 19.8 Å². The highest BCUT2D eigenvalue weighted by atomic mass is 16.5. The Balaban J connectivity index is 2.78. The third-order valence-electron chi connectivity index (χ3n) is 2.49. The first-order valence-electron chi connectivity index (χ1n) is 6.34. The lowest BCUT2D eigenvalue weighted by Crippen LogP contribution is -2.07. The summed E-state index contributed by atoms with van der Waals surface area (Å²) in [4.78, 5) is 0. The summed E-state index contributed by atoms with van der Waals surface area (Å²) in [7, 11) is 0. The van der Waals surface area contributed by atoms with Crippen LogP contribution in [0.3, 0.4) is 0 Å². The number of benzene rings is 1. The highest BCUT2D eigenvalue weighted by Gasteiger charge is 2.10. The van der Waals surface area contributed by atoms with Gasteiger partial charge in [-0.25, -0.2) is 0 Å². The Morgan fingerprint density at radius 1 is 1.33 bits per heavy atom. The average Bonchev–Trinajstić information content (AvgIpc) is 2.38. The molecule has 1 aromatic carbocycles. The summed E-state index contributed by atoms with van der Waals surface area (Å²) in [5.74, 6) is 4.19. The van der Waals surface area contributed by atoms with Gasteiger partial charge in [-0.2, -0.15) is 0 Å². The Kier molecular flexibility index (Phi) is 6.75. The van der Waals surface area contributed by atoms with Gasteiger partial charge in [0.25, 0.3) is 0 Å². The van der Waals surface area contributed by atoms with Crippen LogP contribution in [-0.4, -0.2) is 19.8 Å². The summed E-state index contributed by atoms with van der Waals surface area (Å²) >= 11 is 0. The van der Waals surface area contributed by atoms with E-state index in [1.165, 1.54) is 0 Å². The van der Waals surface area contributed by atoms with E-state index in [4.69, 9.17) is 21.6 Å².